The summed E-state index contributed by atoms with van der Waals surface area (Å²) in [5, 5.41) is -0.469. The third kappa shape index (κ3) is 6.44. The van der Waals surface area contributed by atoms with Crippen LogP contribution in [0.4, 0.5) is 8.78 Å². The molecular formula is C23H24BrClF2N2O6S2. The average Bonchev–Trinajstić information content (AvgIpc) is 3.65. The minimum atomic E-state index is -3.99. The van der Waals surface area contributed by atoms with Gasteiger partial charge in [0.05, 0.1) is 27.9 Å². The SMILES string of the molecule is CS(=O)(=O)NC(=O)c1cc(C2CC2)c(OCC2CCN(S(=O)(=O)c3ccc(Br)c(F)c3Cl)CC2)cc1F. The summed E-state index contributed by atoms with van der Waals surface area (Å²) in [6.07, 6.45) is 3.41. The van der Waals surface area contributed by atoms with E-state index in [0.29, 0.717) is 18.4 Å². The first-order valence-electron chi connectivity index (χ1n) is 11.4. The Kier molecular flexibility index (Phi) is 8.20. The third-order valence-corrected chi connectivity index (χ3v) is 9.90. The number of rotatable bonds is 8. The first-order valence-corrected chi connectivity index (χ1v) is 15.9. The standard InChI is InChI=1S/C23H24BrClF2N2O6S2/c1-36(31,32)28-23(30)16-10-15(14-2-3-14)19(11-18(16)26)35-12-13-6-8-29(9-7-13)37(33,34)20-5-4-17(24)22(27)21(20)25/h4-5,10-11,13-14H,2-3,6-9,12H2,1H3,(H,28,30). The average molecular weight is 642 g/mol. The van der Waals surface area contributed by atoms with Crippen LogP contribution < -0.4 is 9.46 Å². The van der Waals surface area contributed by atoms with Crippen molar-refractivity contribution >= 4 is 53.5 Å². The summed E-state index contributed by atoms with van der Waals surface area (Å²) in [5.74, 6) is -2.45. The minimum absolute atomic E-state index is 0.0214. The van der Waals surface area contributed by atoms with Crippen molar-refractivity contribution in [1.29, 1.82) is 0 Å². The Morgan fingerprint density at radius 2 is 1.78 bits per heavy atom. The highest BCUT2D eigenvalue weighted by Crippen LogP contribution is 2.45. The summed E-state index contributed by atoms with van der Waals surface area (Å²) in [6.45, 7) is 0.563. The monoisotopic (exact) mass is 640 g/mol. The summed E-state index contributed by atoms with van der Waals surface area (Å²) < 4.78 is 86.6. The summed E-state index contributed by atoms with van der Waals surface area (Å²) in [5.41, 5.74) is 0.258. The highest BCUT2D eigenvalue weighted by Gasteiger charge is 2.33. The van der Waals surface area contributed by atoms with Crippen LogP contribution in [0.1, 0.15) is 47.5 Å². The predicted molar refractivity (Wildman–Crippen MR) is 137 cm³/mol. The second kappa shape index (κ2) is 10.8. The molecule has 2 aromatic rings. The molecule has 0 atom stereocenters. The molecule has 1 saturated heterocycles. The number of carbonyl (C=O) groups excluding carboxylic acids is 1. The van der Waals surface area contributed by atoms with Crippen molar-refractivity contribution in [2.45, 2.75) is 36.5 Å². The molecule has 1 amide bonds. The second-order valence-electron chi connectivity index (χ2n) is 9.18. The maximum absolute atomic E-state index is 14.7. The summed E-state index contributed by atoms with van der Waals surface area (Å²) >= 11 is 8.94. The fourth-order valence-corrected chi connectivity index (χ4v) is 7.05. The molecule has 1 N–H and O–H groups in total. The van der Waals surface area contributed by atoms with Gasteiger partial charge in [-0.2, -0.15) is 4.31 Å². The molecule has 14 heteroatoms. The number of piperidine rings is 1. The smallest absolute Gasteiger partial charge is 0.267 e. The van der Waals surface area contributed by atoms with Crippen molar-refractivity contribution in [1.82, 2.24) is 9.03 Å². The van der Waals surface area contributed by atoms with E-state index in [2.05, 4.69) is 15.9 Å². The molecule has 0 radical (unpaired) electrons. The third-order valence-electron chi connectivity index (χ3n) is 6.30. The van der Waals surface area contributed by atoms with Crippen LogP contribution in [0.3, 0.4) is 0 Å². The van der Waals surface area contributed by atoms with Crippen molar-refractivity contribution < 1.29 is 35.1 Å². The van der Waals surface area contributed by atoms with E-state index < -0.39 is 42.6 Å². The Hall–Kier alpha value is -1.80. The van der Waals surface area contributed by atoms with Crippen LogP contribution in [0.2, 0.25) is 5.02 Å². The molecule has 2 aliphatic rings. The van der Waals surface area contributed by atoms with Gasteiger partial charge in [0.15, 0.2) is 5.82 Å². The maximum Gasteiger partial charge on any atom is 0.267 e. The zero-order valence-electron chi connectivity index (χ0n) is 19.6. The van der Waals surface area contributed by atoms with Gasteiger partial charge in [-0.1, -0.05) is 11.6 Å². The highest BCUT2D eigenvalue weighted by molar-refractivity contribution is 9.10. The number of nitrogens with one attached hydrogen (secondary N) is 1. The van der Waals surface area contributed by atoms with E-state index >= 15 is 0 Å². The fourth-order valence-electron chi connectivity index (χ4n) is 4.18. The predicted octanol–water partition coefficient (Wildman–Crippen LogP) is 4.43. The van der Waals surface area contributed by atoms with Gasteiger partial charge in [0.1, 0.15) is 16.5 Å². The molecule has 0 unspecified atom stereocenters. The number of amides is 1. The Morgan fingerprint density at radius 3 is 2.38 bits per heavy atom. The Bertz CT molecular complexity index is 1440. The molecule has 1 aliphatic heterocycles. The van der Waals surface area contributed by atoms with E-state index in [0.717, 1.165) is 25.2 Å². The molecule has 0 bridgehead atoms. The minimum Gasteiger partial charge on any atom is -0.493 e. The molecule has 0 aromatic heterocycles. The zero-order chi connectivity index (χ0) is 27.1. The summed E-state index contributed by atoms with van der Waals surface area (Å²) in [7, 11) is -7.85. The van der Waals surface area contributed by atoms with Gasteiger partial charge in [0.2, 0.25) is 20.0 Å². The van der Waals surface area contributed by atoms with Crippen molar-refractivity contribution in [2.75, 3.05) is 26.0 Å². The molecule has 1 aliphatic carbocycles. The molecular weight excluding hydrogens is 618 g/mol. The molecule has 1 heterocycles. The second-order valence-corrected chi connectivity index (χ2v) is 14.1. The molecule has 8 nitrogen and oxygen atoms in total. The van der Waals surface area contributed by atoms with Crippen LogP contribution in [-0.4, -0.2) is 53.0 Å². The molecule has 0 spiro atoms. The number of nitrogens with zero attached hydrogens (tertiary/aromatic N) is 1. The lowest BCUT2D eigenvalue weighted by Gasteiger charge is -2.31. The lowest BCUT2D eigenvalue weighted by molar-refractivity contribution is 0.0977. The first kappa shape index (κ1) is 28.2. The molecule has 2 fully saturated rings. The first-order chi connectivity index (χ1) is 17.3. The van der Waals surface area contributed by atoms with Gasteiger partial charge < -0.3 is 4.74 Å². The van der Waals surface area contributed by atoms with Gasteiger partial charge in [-0.05, 0) is 77.2 Å². The Morgan fingerprint density at radius 1 is 1.14 bits per heavy atom. The van der Waals surface area contributed by atoms with Crippen molar-refractivity contribution in [3.05, 3.63) is 56.5 Å². The number of hydrogen-bond acceptors (Lipinski definition) is 6. The van der Waals surface area contributed by atoms with Gasteiger partial charge in [-0.3, -0.25) is 4.79 Å². The van der Waals surface area contributed by atoms with Crippen LogP contribution in [-0.2, 0) is 20.0 Å². The summed E-state index contributed by atoms with van der Waals surface area (Å²) in [4.78, 5) is 11.9. The Labute approximate surface area is 227 Å². The lowest BCUT2D eigenvalue weighted by Crippen LogP contribution is -2.39. The molecule has 1 saturated carbocycles. The van der Waals surface area contributed by atoms with E-state index in [-0.39, 0.29) is 52.2 Å². The fraction of sp³-hybridized carbons (Fsp3) is 0.435. The zero-order valence-corrected chi connectivity index (χ0v) is 23.6. The van der Waals surface area contributed by atoms with E-state index in [9.17, 15) is 30.4 Å². The molecule has 37 heavy (non-hydrogen) atoms. The van der Waals surface area contributed by atoms with E-state index in [4.69, 9.17) is 16.3 Å². The van der Waals surface area contributed by atoms with E-state index in [1.807, 2.05) is 0 Å². The summed E-state index contributed by atoms with van der Waals surface area (Å²) in [6, 6.07) is 4.98. The molecule has 202 valence electrons. The molecule has 2 aromatic carbocycles. The Balaban J connectivity index is 1.42. The van der Waals surface area contributed by atoms with E-state index in [1.54, 1.807) is 4.72 Å². The van der Waals surface area contributed by atoms with Crippen LogP contribution in [0, 0.1) is 17.6 Å². The normalized spacial score (nSPS) is 17.5. The van der Waals surface area contributed by atoms with Crippen LogP contribution >= 0.6 is 27.5 Å². The van der Waals surface area contributed by atoms with Gasteiger partial charge in [-0.15, -0.1) is 0 Å². The number of ether oxygens (including phenoxy) is 1. The van der Waals surface area contributed by atoms with Gasteiger partial charge in [0.25, 0.3) is 5.91 Å². The highest BCUT2D eigenvalue weighted by atomic mass is 79.9. The van der Waals surface area contributed by atoms with Gasteiger partial charge >= 0.3 is 0 Å². The maximum atomic E-state index is 14.7. The topological polar surface area (TPSA) is 110 Å². The van der Waals surface area contributed by atoms with Crippen LogP contribution in [0.15, 0.2) is 33.6 Å². The van der Waals surface area contributed by atoms with Gasteiger partial charge in [-0.25, -0.2) is 30.3 Å². The number of benzene rings is 2. The van der Waals surface area contributed by atoms with E-state index in [1.165, 1.54) is 22.5 Å². The number of sulfonamides is 2. The lowest BCUT2D eigenvalue weighted by atomic mass is 9.99. The molecule has 4 rings (SSSR count). The van der Waals surface area contributed by atoms with Crippen molar-refractivity contribution in [3.63, 3.8) is 0 Å². The van der Waals surface area contributed by atoms with Crippen LogP contribution in [0.25, 0.3) is 0 Å². The van der Waals surface area contributed by atoms with Crippen LogP contribution in [0.5, 0.6) is 5.75 Å². The van der Waals surface area contributed by atoms with Crippen molar-refractivity contribution in [2.24, 2.45) is 5.92 Å². The quantitative estimate of drug-likeness (QED) is 0.428. The van der Waals surface area contributed by atoms with Crippen molar-refractivity contribution in [3.8, 4) is 5.75 Å². The van der Waals surface area contributed by atoms with Gasteiger partial charge in [0, 0.05) is 19.2 Å². The number of hydrogen-bond donors (Lipinski definition) is 1. The largest absolute Gasteiger partial charge is 0.493 e. The number of carbonyl (C=O) groups is 1. The number of halogens is 4.